The zero-order valence-corrected chi connectivity index (χ0v) is 6.22. The van der Waals surface area contributed by atoms with Crippen molar-refractivity contribution in [1.82, 2.24) is 0 Å². The third-order valence-corrected chi connectivity index (χ3v) is 1.34. The van der Waals surface area contributed by atoms with Crippen molar-refractivity contribution in [3.63, 3.8) is 0 Å². The molecule has 2 heteroatoms. The molecule has 0 amide bonds. The highest BCUT2D eigenvalue weighted by molar-refractivity contribution is 5.59. The first-order valence-electron chi connectivity index (χ1n) is 3.26. The van der Waals surface area contributed by atoms with E-state index in [4.69, 9.17) is 5.41 Å². The molecule has 0 radical (unpaired) electrons. The quantitative estimate of drug-likeness (QED) is 0.433. The number of rotatable bonds is 4. The Balaban J connectivity index is 3.68. The van der Waals surface area contributed by atoms with Gasteiger partial charge >= 0.3 is 0 Å². The van der Waals surface area contributed by atoms with Gasteiger partial charge in [-0.2, -0.15) is 0 Å². The van der Waals surface area contributed by atoms with Crippen LogP contribution in [-0.4, -0.2) is 30.6 Å². The van der Waals surface area contributed by atoms with E-state index in [0.29, 0.717) is 0 Å². The molecule has 0 spiro atoms. The molecule has 0 aromatic carbocycles. The van der Waals surface area contributed by atoms with Gasteiger partial charge in [0, 0.05) is 6.42 Å². The van der Waals surface area contributed by atoms with Crippen LogP contribution in [0.5, 0.6) is 0 Å². The normalized spacial score (nSPS) is 12.7. The third-order valence-electron chi connectivity index (χ3n) is 1.34. The van der Waals surface area contributed by atoms with Gasteiger partial charge in [-0.3, -0.25) is 0 Å². The molecule has 0 heterocycles. The first-order chi connectivity index (χ1) is 4.22. The van der Waals surface area contributed by atoms with Gasteiger partial charge in [-0.05, 0) is 6.42 Å². The van der Waals surface area contributed by atoms with Gasteiger partial charge in [-0.25, -0.2) is 4.58 Å². The highest BCUT2D eigenvalue weighted by Crippen LogP contribution is 1.95. The first-order valence-corrected chi connectivity index (χ1v) is 3.26. The van der Waals surface area contributed by atoms with Crippen molar-refractivity contribution < 1.29 is 4.58 Å². The summed E-state index contributed by atoms with van der Waals surface area (Å²) >= 11 is 0. The van der Waals surface area contributed by atoms with Crippen molar-refractivity contribution in [3.8, 4) is 0 Å². The number of nitrogens with one attached hydrogen (secondary N) is 1. The smallest absolute Gasteiger partial charge is 0.186 e. The van der Waals surface area contributed by atoms with E-state index in [9.17, 15) is 0 Å². The van der Waals surface area contributed by atoms with Gasteiger partial charge in [-0.15, -0.1) is 0 Å². The first kappa shape index (κ1) is 8.34. The van der Waals surface area contributed by atoms with Crippen LogP contribution in [0, 0.1) is 5.41 Å². The van der Waals surface area contributed by atoms with Gasteiger partial charge < -0.3 is 5.41 Å². The molecule has 1 N–H and O–H groups in total. The Labute approximate surface area is 56.7 Å². The highest BCUT2D eigenvalue weighted by Gasteiger charge is 2.08. The van der Waals surface area contributed by atoms with Gasteiger partial charge in [0.1, 0.15) is 13.8 Å². The molecule has 0 aliphatic heterocycles. The Hall–Kier alpha value is -0.660. The summed E-state index contributed by atoms with van der Waals surface area (Å²) in [4.78, 5) is 0. The predicted octanol–water partition coefficient (Wildman–Crippen LogP) is 1.15. The van der Waals surface area contributed by atoms with Crippen molar-refractivity contribution in [2.75, 3.05) is 7.05 Å². The largest absolute Gasteiger partial charge is 0.306 e. The molecule has 0 saturated heterocycles. The average molecular weight is 127 g/mol. The van der Waals surface area contributed by atoms with Crippen LogP contribution in [0.2, 0.25) is 0 Å². The van der Waals surface area contributed by atoms with Gasteiger partial charge in [0.25, 0.3) is 0 Å². The molecule has 9 heavy (non-hydrogen) atoms. The summed E-state index contributed by atoms with van der Waals surface area (Å²) in [6.45, 7) is 5.82. The zero-order chi connectivity index (χ0) is 7.28. The summed E-state index contributed by atoms with van der Waals surface area (Å²) in [5.41, 5.74) is 0. The maximum absolute atomic E-state index is 6.99. The second-order valence-electron chi connectivity index (χ2n) is 2.28. The van der Waals surface area contributed by atoms with E-state index in [0.717, 1.165) is 12.8 Å². The fraction of sp³-hybridized carbons (Fsp3) is 0.714. The monoisotopic (exact) mass is 127 g/mol. The zero-order valence-electron chi connectivity index (χ0n) is 6.22. The third kappa shape index (κ3) is 3.01. The molecule has 2 nitrogen and oxygen atoms in total. The molecular weight excluding hydrogens is 112 g/mol. The van der Waals surface area contributed by atoms with E-state index in [1.54, 1.807) is 0 Å². The van der Waals surface area contributed by atoms with E-state index >= 15 is 0 Å². The molecule has 0 fully saturated rings. The second kappa shape index (κ2) is 4.24. The number of hydrogen-bond donors (Lipinski definition) is 1. The van der Waals surface area contributed by atoms with Crippen molar-refractivity contribution in [2.24, 2.45) is 0 Å². The van der Waals surface area contributed by atoms with Crippen LogP contribution in [0.1, 0.15) is 19.8 Å². The van der Waals surface area contributed by atoms with Crippen molar-refractivity contribution >= 4 is 12.9 Å². The lowest BCUT2D eigenvalue weighted by atomic mass is 10.2. The molecular formula is C7H15N2+. The summed E-state index contributed by atoms with van der Waals surface area (Å²) < 4.78 is 1.82. The maximum Gasteiger partial charge on any atom is 0.186 e. The van der Waals surface area contributed by atoms with Crippen LogP contribution in [0.15, 0.2) is 0 Å². The van der Waals surface area contributed by atoms with Gasteiger partial charge in [0.05, 0.1) is 6.21 Å². The fourth-order valence-electron chi connectivity index (χ4n) is 0.727. The lowest BCUT2D eigenvalue weighted by Gasteiger charge is -2.02. The van der Waals surface area contributed by atoms with Crippen molar-refractivity contribution in [1.29, 1.82) is 5.41 Å². The highest BCUT2D eigenvalue weighted by atomic mass is 15.0. The SMILES string of the molecule is C=[N+](C)C(C=N)CCC. The Morgan fingerprint density at radius 1 is 1.78 bits per heavy atom. The van der Waals surface area contributed by atoms with Gasteiger partial charge in [0.15, 0.2) is 6.04 Å². The van der Waals surface area contributed by atoms with E-state index in [2.05, 4.69) is 13.6 Å². The van der Waals surface area contributed by atoms with Crippen LogP contribution in [0.3, 0.4) is 0 Å². The van der Waals surface area contributed by atoms with Crippen LogP contribution >= 0.6 is 0 Å². The number of hydrogen-bond acceptors (Lipinski definition) is 1. The topological polar surface area (TPSA) is 26.9 Å². The molecule has 1 unspecified atom stereocenters. The standard InChI is InChI=1S/C7H15N2/c1-4-5-7(6-8)9(2)3/h6-8H,2,4-5H2,1,3H3/q+1. The lowest BCUT2D eigenvalue weighted by Crippen LogP contribution is -2.22. The molecule has 0 aliphatic rings. The minimum atomic E-state index is 0.231. The Morgan fingerprint density at radius 2 is 2.33 bits per heavy atom. The molecule has 0 rings (SSSR count). The fourth-order valence-corrected chi connectivity index (χ4v) is 0.727. The summed E-state index contributed by atoms with van der Waals surface area (Å²) in [5.74, 6) is 0. The molecule has 0 bridgehead atoms. The predicted molar refractivity (Wildman–Crippen MR) is 40.8 cm³/mol. The molecule has 52 valence electrons. The van der Waals surface area contributed by atoms with Gasteiger partial charge in [0.2, 0.25) is 0 Å². The van der Waals surface area contributed by atoms with Gasteiger partial charge in [-0.1, -0.05) is 6.92 Å². The van der Waals surface area contributed by atoms with Crippen LogP contribution in [-0.2, 0) is 0 Å². The van der Waals surface area contributed by atoms with Crippen molar-refractivity contribution in [3.05, 3.63) is 0 Å². The van der Waals surface area contributed by atoms with Crippen LogP contribution < -0.4 is 0 Å². The molecule has 1 atom stereocenters. The summed E-state index contributed by atoms with van der Waals surface area (Å²) in [6.07, 6.45) is 3.58. The number of nitrogens with zero attached hydrogens (tertiary/aromatic N) is 1. The molecule has 0 aromatic heterocycles. The second-order valence-corrected chi connectivity index (χ2v) is 2.28. The van der Waals surface area contributed by atoms with E-state index in [-0.39, 0.29) is 6.04 Å². The Morgan fingerprint density at radius 3 is 2.44 bits per heavy atom. The summed E-state index contributed by atoms with van der Waals surface area (Å²) in [6, 6.07) is 0.231. The van der Waals surface area contributed by atoms with Crippen LogP contribution in [0.4, 0.5) is 0 Å². The van der Waals surface area contributed by atoms with Crippen molar-refractivity contribution in [2.45, 2.75) is 25.8 Å². The lowest BCUT2D eigenvalue weighted by molar-refractivity contribution is -0.510. The Kier molecular flexibility index (Phi) is 3.93. The minimum absolute atomic E-state index is 0.231. The van der Waals surface area contributed by atoms with E-state index in [1.165, 1.54) is 6.21 Å². The Bertz CT molecular complexity index is 107. The summed E-state index contributed by atoms with van der Waals surface area (Å²) in [5, 5.41) is 6.99. The molecule has 0 aliphatic carbocycles. The van der Waals surface area contributed by atoms with E-state index in [1.807, 2.05) is 11.6 Å². The average Bonchev–Trinajstić information content (AvgIpc) is 1.82. The minimum Gasteiger partial charge on any atom is -0.306 e. The molecule has 0 aromatic rings. The van der Waals surface area contributed by atoms with E-state index < -0.39 is 0 Å². The maximum atomic E-state index is 6.99. The molecule has 0 saturated carbocycles. The van der Waals surface area contributed by atoms with Crippen LogP contribution in [0.25, 0.3) is 0 Å². The summed E-state index contributed by atoms with van der Waals surface area (Å²) in [7, 11) is 1.89.